The number of anilines is 2. The van der Waals surface area contributed by atoms with Crippen LogP contribution in [-0.4, -0.2) is 18.5 Å². The van der Waals surface area contributed by atoms with E-state index in [0.29, 0.717) is 28.5 Å². The van der Waals surface area contributed by atoms with Crippen molar-refractivity contribution in [3.8, 4) is 0 Å². The monoisotopic (exact) mass is 280 g/mol. The number of carbonyl (C=O) groups excluding carboxylic acids is 1. The second-order valence-electron chi connectivity index (χ2n) is 3.95. The zero-order valence-corrected chi connectivity index (χ0v) is 10.8. The minimum absolute atomic E-state index is 0.0942. The first kappa shape index (κ1) is 14.8. The fraction of sp³-hybridized carbons (Fsp3) is 0.545. The Bertz CT molecular complexity index is 415. The van der Waals surface area contributed by atoms with Crippen molar-refractivity contribution >= 4 is 27.8 Å². The van der Waals surface area contributed by atoms with E-state index in [1.807, 2.05) is 0 Å². The highest BCUT2D eigenvalue weighted by atomic mass is 32.1. The number of ketones is 1. The molecule has 0 bridgehead atoms. The van der Waals surface area contributed by atoms with Crippen LogP contribution in [0.25, 0.3) is 0 Å². The van der Waals surface area contributed by atoms with Gasteiger partial charge in [-0.3, -0.25) is 4.79 Å². The summed E-state index contributed by atoms with van der Waals surface area (Å²) in [4.78, 5) is 11.6. The zero-order valence-electron chi connectivity index (χ0n) is 9.93. The molecule has 102 valence electrons. The highest BCUT2D eigenvalue weighted by Gasteiger charge is 2.25. The Morgan fingerprint density at radius 2 is 2.11 bits per heavy atom. The third-order valence-electron chi connectivity index (χ3n) is 2.27. The molecule has 3 N–H and O–H groups in total. The van der Waals surface area contributed by atoms with Gasteiger partial charge in [-0.05, 0) is 18.9 Å². The third kappa shape index (κ3) is 4.95. The Labute approximate surface area is 107 Å². The molecule has 1 aromatic rings. The normalized spacial score (nSPS) is 11.6. The van der Waals surface area contributed by atoms with Crippen LogP contribution < -0.4 is 11.1 Å². The lowest BCUT2D eigenvalue weighted by molar-refractivity contribution is -0.135. The summed E-state index contributed by atoms with van der Waals surface area (Å²) in [5, 5.41) is 3.68. The summed E-state index contributed by atoms with van der Waals surface area (Å²) in [6, 6.07) is 1.63. The number of nitrogen functional groups attached to an aromatic ring is 1. The van der Waals surface area contributed by atoms with E-state index in [9.17, 15) is 18.0 Å². The maximum Gasteiger partial charge on any atom is 0.389 e. The summed E-state index contributed by atoms with van der Waals surface area (Å²) in [5.41, 5.74) is 6.04. The fourth-order valence-electron chi connectivity index (χ4n) is 1.43. The van der Waals surface area contributed by atoms with Gasteiger partial charge in [0.15, 0.2) is 5.78 Å². The van der Waals surface area contributed by atoms with E-state index >= 15 is 0 Å². The molecule has 1 heterocycles. The number of thiophene rings is 1. The van der Waals surface area contributed by atoms with E-state index in [1.54, 1.807) is 6.07 Å². The minimum Gasteiger partial charge on any atom is -0.397 e. The summed E-state index contributed by atoms with van der Waals surface area (Å²) < 4.78 is 35.6. The summed E-state index contributed by atoms with van der Waals surface area (Å²) in [7, 11) is 0. The van der Waals surface area contributed by atoms with Crippen LogP contribution in [0.1, 0.15) is 35.9 Å². The maximum atomic E-state index is 11.9. The van der Waals surface area contributed by atoms with Crippen molar-refractivity contribution < 1.29 is 18.0 Å². The number of nitrogens with one attached hydrogen (secondary N) is 1. The van der Waals surface area contributed by atoms with Gasteiger partial charge in [0.1, 0.15) is 0 Å². The summed E-state index contributed by atoms with van der Waals surface area (Å²) in [5.74, 6) is -0.109. The maximum absolute atomic E-state index is 11.9. The number of hydrogen-bond donors (Lipinski definition) is 2. The predicted molar refractivity (Wildman–Crippen MR) is 67.1 cm³/mol. The Balaban J connectivity index is 2.32. The second kappa shape index (κ2) is 6.08. The molecule has 0 saturated carbocycles. The van der Waals surface area contributed by atoms with Crippen molar-refractivity contribution in [3.05, 3.63) is 10.9 Å². The molecule has 1 rings (SSSR count). The van der Waals surface area contributed by atoms with Crippen LogP contribution in [0.15, 0.2) is 6.07 Å². The Morgan fingerprint density at radius 1 is 1.44 bits per heavy atom. The van der Waals surface area contributed by atoms with E-state index in [2.05, 4.69) is 5.32 Å². The number of unbranched alkanes of at least 4 members (excludes halogenated alkanes) is 1. The van der Waals surface area contributed by atoms with Gasteiger partial charge in [-0.15, -0.1) is 11.3 Å². The van der Waals surface area contributed by atoms with Crippen LogP contribution in [0, 0.1) is 0 Å². The first-order valence-electron chi connectivity index (χ1n) is 5.50. The van der Waals surface area contributed by atoms with Crippen molar-refractivity contribution in [1.82, 2.24) is 0 Å². The van der Waals surface area contributed by atoms with E-state index < -0.39 is 12.6 Å². The molecular formula is C11H15F3N2OS. The van der Waals surface area contributed by atoms with E-state index in [-0.39, 0.29) is 12.2 Å². The highest BCUT2D eigenvalue weighted by molar-refractivity contribution is 7.18. The van der Waals surface area contributed by atoms with Crippen LogP contribution in [0.5, 0.6) is 0 Å². The molecule has 18 heavy (non-hydrogen) atoms. The van der Waals surface area contributed by atoms with E-state index in [4.69, 9.17) is 5.73 Å². The number of Topliss-reactive ketones (excluding diaryl/α,β-unsaturated/α-hetero) is 1. The molecular weight excluding hydrogens is 265 g/mol. The molecule has 3 nitrogen and oxygen atoms in total. The SMILES string of the molecule is CC(=O)c1sc(NCCCCC(F)(F)F)cc1N. The number of hydrogen-bond acceptors (Lipinski definition) is 4. The van der Waals surface area contributed by atoms with Crippen LogP contribution in [0.3, 0.4) is 0 Å². The Hall–Kier alpha value is -1.24. The number of carbonyl (C=O) groups is 1. The van der Waals surface area contributed by atoms with Gasteiger partial charge in [0.05, 0.1) is 15.6 Å². The van der Waals surface area contributed by atoms with Gasteiger partial charge in [0.25, 0.3) is 0 Å². The number of rotatable bonds is 6. The molecule has 0 aliphatic carbocycles. The van der Waals surface area contributed by atoms with Crippen molar-refractivity contribution in [3.63, 3.8) is 0 Å². The molecule has 1 aromatic heterocycles. The quantitative estimate of drug-likeness (QED) is 0.617. The molecule has 0 aromatic carbocycles. The molecule has 0 aliphatic rings. The molecule has 0 fully saturated rings. The molecule has 0 radical (unpaired) electrons. The van der Waals surface area contributed by atoms with Gasteiger partial charge in [-0.25, -0.2) is 0 Å². The lowest BCUT2D eigenvalue weighted by atomic mass is 10.2. The lowest BCUT2D eigenvalue weighted by Gasteiger charge is -2.06. The topological polar surface area (TPSA) is 55.1 Å². The average Bonchev–Trinajstić information content (AvgIpc) is 2.57. The molecule has 0 saturated heterocycles. The van der Waals surface area contributed by atoms with E-state index in [0.717, 1.165) is 0 Å². The van der Waals surface area contributed by atoms with Crippen molar-refractivity contribution in [1.29, 1.82) is 0 Å². The summed E-state index contributed by atoms with van der Waals surface area (Å²) in [6.45, 7) is 1.86. The smallest absolute Gasteiger partial charge is 0.389 e. The Kier molecular flexibility index (Phi) is 5.01. The van der Waals surface area contributed by atoms with Crippen LogP contribution in [0.4, 0.5) is 23.9 Å². The number of alkyl halides is 3. The van der Waals surface area contributed by atoms with Crippen molar-refractivity contribution in [2.24, 2.45) is 0 Å². The predicted octanol–water partition coefficient (Wildman–Crippen LogP) is 3.68. The van der Waals surface area contributed by atoms with Crippen molar-refractivity contribution in [2.45, 2.75) is 32.4 Å². The molecule has 0 aliphatic heterocycles. The number of nitrogens with two attached hydrogens (primary N) is 1. The average molecular weight is 280 g/mol. The van der Waals surface area contributed by atoms with Crippen molar-refractivity contribution in [2.75, 3.05) is 17.6 Å². The third-order valence-corrected chi connectivity index (χ3v) is 3.48. The van der Waals surface area contributed by atoms with Crippen LogP contribution in [0.2, 0.25) is 0 Å². The molecule has 7 heteroatoms. The fourth-order valence-corrected chi connectivity index (χ4v) is 2.33. The minimum atomic E-state index is -4.09. The largest absolute Gasteiger partial charge is 0.397 e. The van der Waals surface area contributed by atoms with Gasteiger partial charge in [-0.2, -0.15) is 13.2 Å². The molecule has 0 atom stereocenters. The highest BCUT2D eigenvalue weighted by Crippen LogP contribution is 2.29. The van der Waals surface area contributed by atoms with Gasteiger partial charge in [-0.1, -0.05) is 0 Å². The van der Waals surface area contributed by atoms with Crippen LogP contribution >= 0.6 is 11.3 Å². The second-order valence-corrected chi connectivity index (χ2v) is 5.00. The zero-order chi connectivity index (χ0) is 13.8. The Morgan fingerprint density at radius 3 is 2.61 bits per heavy atom. The van der Waals surface area contributed by atoms with Crippen LogP contribution in [-0.2, 0) is 0 Å². The van der Waals surface area contributed by atoms with Gasteiger partial charge < -0.3 is 11.1 Å². The molecule has 0 spiro atoms. The molecule has 0 unspecified atom stereocenters. The van der Waals surface area contributed by atoms with Gasteiger partial charge in [0, 0.05) is 19.9 Å². The van der Waals surface area contributed by atoms with Gasteiger partial charge in [0.2, 0.25) is 0 Å². The standard InChI is InChI=1S/C11H15F3N2OS/c1-7(17)10-8(15)6-9(18-10)16-5-3-2-4-11(12,13)14/h6,16H,2-5,15H2,1H3. The first-order valence-corrected chi connectivity index (χ1v) is 6.32. The first-order chi connectivity index (χ1) is 8.29. The number of halogens is 3. The lowest BCUT2D eigenvalue weighted by Crippen LogP contribution is -2.08. The summed E-state index contributed by atoms with van der Waals surface area (Å²) >= 11 is 1.22. The van der Waals surface area contributed by atoms with E-state index in [1.165, 1.54) is 18.3 Å². The van der Waals surface area contributed by atoms with Gasteiger partial charge >= 0.3 is 6.18 Å². The molecule has 0 amide bonds. The summed E-state index contributed by atoms with van der Waals surface area (Å²) in [6.07, 6.45) is -4.33.